The Labute approximate surface area is 149 Å². The van der Waals surface area contributed by atoms with Crippen molar-refractivity contribution < 1.29 is 9.21 Å². The van der Waals surface area contributed by atoms with Gasteiger partial charge in [0.1, 0.15) is 5.58 Å². The normalized spacial score (nSPS) is 16.8. The van der Waals surface area contributed by atoms with Gasteiger partial charge in [-0.15, -0.1) is 11.8 Å². The molecule has 2 heterocycles. The predicted octanol–water partition coefficient (Wildman–Crippen LogP) is 5.36. The Kier molecular flexibility index (Phi) is 4.02. The SMILES string of the molecule is Cc1c(C(=O)N[C@@H]2CCSc3ccccc32)oc2ccc(Cl)cc12. The minimum atomic E-state index is -0.175. The molecule has 0 radical (unpaired) electrons. The summed E-state index contributed by atoms with van der Waals surface area (Å²) in [6.07, 6.45) is 0.915. The van der Waals surface area contributed by atoms with Gasteiger partial charge in [-0.1, -0.05) is 29.8 Å². The Morgan fingerprint density at radius 1 is 1.29 bits per heavy atom. The molecular formula is C19H16ClNO2S. The lowest BCUT2D eigenvalue weighted by Crippen LogP contribution is -2.30. The van der Waals surface area contributed by atoms with Crippen LogP contribution in [0.3, 0.4) is 0 Å². The summed E-state index contributed by atoms with van der Waals surface area (Å²) in [5.74, 6) is 1.19. The fourth-order valence-corrected chi connectivity index (χ4v) is 4.42. The zero-order chi connectivity index (χ0) is 16.7. The van der Waals surface area contributed by atoms with Gasteiger partial charge in [0.2, 0.25) is 0 Å². The minimum absolute atomic E-state index is 0.0196. The highest BCUT2D eigenvalue weighted by molar-refractivity contribution is 7.99. The first-order chi connectivity index (χ1) is 11.6. The fraction of sp³-hybridized carbons (Fsp3) is 0.211. The highest BCUT2D eigenvalue weighted by atomic mass is 35.5. The molecule has 1 aliphatic rings. The Morgan fingerprint density at radius 3 is 3.00 bits per heavy atom. The number of aryl methyl sites for hydroxylation is 1. The first kappa shape index (κ1) is 15.6. The number of amides is 1. The number of halogens is 1. The van der Waals surface area contributed by atoms with Crippen LogP contribution in [0.25, 0.3) is 11.0 Å². The van der Waals surface area contributed by atoms with Crippen molar-refractivity contribution in [1.82, 2.24) is 5.32 Å². The Hall–Kier alpha value is -1.91. The smallest absolute Gasteiger partial charge is 0.287 e. The molecule has 0 aliphatic carbocycles. The standard InChI is InChI=1S/C19H16ClNO2S/c1-11-14-10-12(20)6-7-16(14)23-18(11)19(22)21-15-8-9-24-17-5-3-2-4-13(15)17/h2-7,10,15H,8-9H2,1H3,(H,21,22)/t15-/m1/s1. The molecule has 1 aliphatic heterocycles. The second-order valence-electron chi connectivity index (χ2n) is 5.90. The van der Waals surface area contributed by atoms with Crippen molar-refractivity contribution >= 4 is 40.2 Å². The van der Waals surface area contributed by atoms with Gasteiger partial charge in [0, 0.05) is 26.6 Å². The second kappa shape index (κ2) is 6.19. The number of furan rings is 1. The molecular weight excluding hydrogens is 342 g/mol. The van der Waals surface area contributed by atoms with E-state index < -0.39 is 0 Å². The molecule has 122 valence electrons. The van der Waals surface area contributed by atoms with Gasteiger partial charge in [-0.2, -0.15) is 0 Å². The van der Waals surface area contributed by atoms with Gasteiger partial charge in [-0.25, -0.2) is 0 Å². The third-order valence-corrected chi connectivity index (χ3v) is 5.73. The second-order valence-corrected chi connectivity index (χ2v) is 7.47. The summed E-state index contributed by atoms with van der Waals surface area (Å²) in [7, 11) is 0. The van der Waals surface area contributed by atoms with Crippen LogP contribution in [0.4, 0.5) is 0 Å². The molecule has 3 nitrogen and oxygen atoms in total. The third-order valence-electron chi connectivity index (χ3n) is 4.37. The van der Waals surface area contributed by atoms with E-state index >= 15 is 0 Å². The van der Waals surface area contributed by atoms with Gasteiger partial charge >= 0.3 is 0 Å². The summed E-state index contributed by atoms with van der Waals surface area (Å²) in [6, 6.07) is 13.6. The van der Waals surface area contributed by atoms with Crippen molar-refractivity contribution in [3.05, 3.63) is 64.4 Å². The number of hydrogen-bond acceptors (Lipinski definition) is 3. The Bertz CT molecular complexity index is 934. The molecule has 1 aromatic heterocycles. The van der Waals surface area contributed by atoms with Crippen molar-refractivity contribution in [1.29, 1.82) is 0 Å². The van der Waals surface area contributed by atoms with Crippen LogP contribution < -0.4 is 5.32 Å². The van der Waals surface area contributed by atoms with Crippen LogP contribution in [0.15, 0.2) is 51.8 Å². The number of hydrogen-bond donors (Lipinski definition) is 1. The Balaban J connectivity index is 1.65. The summed E-state index contributed by atoms with van der Waals surface area (Å²) in [5, 5.41) is 4.65. The van der Waals surface area contributed by atoms with E-state index in [2.05, 4.69) is 17.4 Å². The molecule has 0 saturated carbocycles. The van der Waals surface area contributed by atoms with Gasteiger partial charge in [-0.3, -0.25) is 4.79 Å². The molecule has 3 aromatic rings. The van der Waals surface area contributed by atoms with Gasteiger partial charge in [-0.05, 0) is 43.2 Å². The number of carbonyl (C=O) groups is 1. The maximum absolute atomic E-state index is 12.8. The van der Waals surface area contributed by atoms with Crippen LogP contribution in [0.1, 0.15) is 34.1 Å². The monoisotopic (exact) mass is 357 g/mol. The van der Waals surface area contributed by atoms with Crippen LogP contribution >= 0.6 is 23.4 Å². The Morgan fingerprint density at radius 2 is 2.12 bits per heavy atom. The number of benzene rings is 2. The summed E-state index contributed by atoms with van der Waals surface area (Å²) >= 11 is 7.88. The highest BCUT2D eigenvalue weighted by Crippen LogP contribution is 2.36. The molecule has 4 rings (SSSR count). The number of thioether (sulfide) groups is 1. The molecule has 0 fully saturated rings. The predicted molar refractivity (Wildman–Crippen MR) is 98.0 cm³/mol. The fourth-order valence-electron chi connectivity index (χ4n) is 3.13. The molecule has 0 bridgehead atoms. The van der Waals surface area contributed by atoms with Crippen molar-refractivity contribution in [2.75, 3.05) is 5.75 Å². The van der Waals surface area contributed by atoms with Crippen molar-refractivity contribution in [3.8, 4) is 0 Å². The van der Waals surface area contributed by atoms with Crippen LogP contribution in [-0.2, 0) is 0 Å². The zero-order valence-electron chi connectivity index (χ0n) is 13.1. The molecule has 5 heteroatoms. The van der Waals surface area contributed by atoms with Crippen molar-refractivity contribution in [2.24, 2.45) is 0 Å². The van der Waals surface area contributed by atoms with E-state index in [1.54, 1.807) is 12.1 Å². The largest absolute Gasteiger partial charge is 0.451 e. The summed E-state index contributed by atoms with van der Waals surface area (Å²) in [5.41, 5.74) is 2.68. The molecule has 1 N–H and O–H groups in total. The van der Waals surface area contributed by atoms with E-state index in [0.29, 0.717) is 16.4 Å². The quantitative estimate of drug-likeness (QED) is 0.671. The average molecular weight is 358 g/mol. The molecule has 24 heavy (non-hydrogen) atoms. The molecule has 0 saturated heterocycles. The zero-order valence-corrected chi connectivity index (χ0v) is 14.7. The maximum atomic E-state index is 12.8. The molecule has 2 aromatic carbocycles. The topological polar surface area (TPSA) is 42.2 Å². The third kappa shape index (κ3) is 2.70. The molecule has 1 amide bonds. The highest BCUT2D eigenvalue weighted by Gasteiger charge is 2.25. The van der Waals surface area contributed by atoms with Gasteiger partial charge in [0.25, 0.3) is 5.91 Å². The number of fused-ring (bicyclic) bond motifs is 2. The van der Waals surface area contributed by atoms with E-state index in [9.17, 15) is 4.79 Å². The summed E-state index contributed by atoms with van der Waals surface area (Å²) in [4.78, 5) is 14.0. The first-order valence-corrected chi connectivity index (χ1v) is 9.21. The molecule has 0 unspecified atom stereocenters. The number of carbonyl (C=O) groups excluding carboxylic acids is 1. The van der Waals surface area contributed by atoms with Gasteiger partial charge in [0.05, 0.1) is 6.04 Å². The van der Waals surface area contributed by atoms with E-state index in [4.69, 9.17) is 16.0 Å². The van der Waals surface area contributed by atoms with E-state index in [1.165, 1.54) is 10.5 Å². The van der Waals surface area contributed by atoms with Crippen LogP contribution in [0.2, 0.25) is 5.02 Å². The van der Waals surface area contributed by atoms with Crippen LogP contribution in [-0.4, -0.2) is 11.7 Å². The lowest BCUT2D eigenvalue weighted by Gasteiger charge is -2.25. The number of nitrogens with one attached hydrogen (secondary N) is 1. The lowest BCUT2D eigenvalue weighted by molar-refractivity contribution is 0.0908. The van der Waals surface area contributed by atoms with Gasteiger partial charge < -0.3 is 9.73 Å². The van der Waals surface area contributed by atoms with E-state index in [0.717, 1.165) is 23.1 Å². The van der Waals surface area contributed by atoms with Crippen molar-refractivity contribution in [2.45, 2.75) is 24.3 Å². The number of rotatable bonds is 2. The average Bonchev–Trinajstić information content (AvgIpc) is 2.92. The van der Waals surface area contributed by atoms with Crippen LogP contribution in [0, 0.1) is 6.92 Å². The lowest BCUT2D eigenvalue weighted by atomic mass is 10.0. The molecule has 0 spiro atoms. The summed E-state index contributed by atoms with van der Waals surface area (Å²) < 4.78 is 5.77. The maximum Gasteiger partial charge on any atom is 0.287 e. The first-order valence-electron chi connectivity index (χ1n) is 7.85. The van der Waals surface area contributed by atoms with Crippen LogP contribution in [0.5, 0.6) is 0 Å². The molecule has 1 atom stereocenters. The summed E-state index contributed by atoms with van der Waals surface area (Å²) in [6.45, 7) is 1.89. The van der Waals surface area contributed by atoms with E-state index in [1.807, 2.05) is 36.9 Å². The van der Waals surface area contributed by atoms with E-state index in [-0.39, 0.29) is 11.9 Å². The van der Waals surface area contributed by atoms with Crippen molar-refractivity contribution in [3.63, 3.8) is 0 Å². The van der Waals surface area contributed by atoms with Gasteiger partial charge in [0.15, 0.2) is 5.76 Å². The minimum Gasteiger partial charge on any atom is -0.451 e.